The number of benzene rings is 2. The number of rotatable bonds is 8. The minimum absolute atomic E-state index is 0.0370. The van der Waals surface area contributed by atoms with E-state index in [2.05, 4.69) is 4.98 Å². The number of hydrogen-bond donors (Lipinski definition) is 2. The zero-order valence-corrected chi connectivity index (χ0v) is 21.3. The van der Waals surface area contributed by atoms with Crippen molar-refractivity contribution in [2.75, 3.05) is 20.2 Å². The zero-order chi connectivity index (χ0) is 27.1. The molecule has 4 heterocycles. The Morgan fingerprint density at radius 3 is 2.13 bits per heavy atom. The first-order valence-electron chi connectivity index (χ1n) is 11.9. The molecule has 3 aromatic rings. The molecule has 2 N–H and O–H groups in total. The van der Waals surface area contributed by atoms with Gasteiger partial charge in [0, 0.05) is 30.3 Å². The van der Waals surface area contributed by atoms with Crippen LogP contribution in [0.4, 0.5) is 0 Å². The monoisotopic (exact) mass is 562 g/mol. The van der Waals surface area contributed by atoms with Gasteiger partial charge in [0.1, 0.15) is 23.8 Å². The lowest BCUT2D eigenvalue weighted by atomic mass is 10.0. The van der Waals surface area contributed by atoms with Gasteiger partial charge in [-0.25, -0.2) is 9.36 Å². The van der Waals surface area contributed by atoms with E-state index < -0.39 is 50.0 Å². The summed E-state index contributed by atoms with van der Waals surface area (Å²) >= 11 is 0. The number of phosphoric acid groups is 1. The molecule has 15 heteroatoms. The van der Waals surface area contributed by atoms with Crippen molar-refractivity contribution < 1.29 is 46.9 Å². The highest BCUT2D eigenvalue weighted by Crippen LogP contribution is 2.52. The SMILES string of the molecule is C[C@H]1[C@H](O)[C@@H](COP(=O)(Oc2ccc3c(c2)OCO3)Oc2ccc3c(c2)OCO3)O[C@H]1n1ccc(=O)[nH]c1=O. The minimum atomic E-state index is -4.42. The minimum Gasteiger partial charge on any atom is -0.454 e. The van der Waals surface area contributed by atoms with Gasteiger partial charge < -0.3 is 37.8 Å². The third-order valence-corrected chi connectivity index (χ3v) is 7.66. The van der Waals surface area contributed by atoms with Gasteiger partial charge in [0.05, 0.1) is 12.7 Å². The second-order valence-corrected chi connectivity index (χ2v) is 10.4. The number of nitrogens with zero attached hydrogens (tertiary/aromatic N) is 1. The fraction of sp³-hybridized carbons (Fsp3) is 0.333. The molecule has 6 rings (SSSR count). The second-order valence-electron chi connectivity index (χ2n) is 8.89. The fourth-order valence-electron chi connectivity index (χ4n) is 4.34. The predicted molar refractivity (Wildman–Crippen MR) is 130 cm³/mol. The first kappa shape index (κ1) is 25.3. The molecule has 1 saturated heterocycles. The molecule has 14 nitrogen and oxygen atoms in total. The molecular formula is C24H23N2O12P. The Bertz CT molecular complexity index is 1490. The van der Waals surface area contributed by atoms with Gasteiger partial charge in [-0.05, 0) is 24.3 Å². The van der Waals surface area contributed by atoms with Crippen LogP contribution < -0.4 is 39.2 Å². The standard InChI is InChI=1S/C24H23N2O12P/c1-13-22(28)20(36-23(13)26-7-6-21(27)25-24(26)29)10-35-39(30,37-14-2-4-16-18(8-14)33-11-31-16)38-15-3-5-17-19(9-15)34-12-32-17/h2-9,13,20,22-23,28H,10-12H2,1H3,(H,25,27,29)/t13-,20+,22-,23+/m0/s1. The number of hydrogen-bond acceptors (Lipinski definition) is 12. The van der Waals surface area contributed by atoms with Crippen LogP contribution in [-0.4, -0.2) is 47.1 Å². The van der Waals surface area contributed by atoms with Crippen LogP contribution in [0.3, 0.4) is 0 Å². The Morgan fingerprint density at radius 2 is 1.54 bits per heavy atom. The Balaban J connectivity index is 1.23. The van der Waals surface area contributed by atoms with Gasteiger partial charge in [0.15, 0.2) is 23.0 Å². The van der Waals surface area contributed by atoms with Gasteiger partial charge in [0.2, 0.25) is 13.6 Å². The summed E-state index contributed by atoms with van der Waals surface area (Å²) in [5, 5.41) is 10.8. The van der Waals surface area contributed by atoms with E-state index in [0.29, 0.717) is 23.0 Å². The molecule has 0 saturated carbocycles. The summed E-state index contributed by atoms with van der Waals surface area (Å²) in [5.74, 6) is 1.42. The van der Waals surface area contributed by atoms with Crippen LogP contribution in [0.2, 0.25) is 0 Å². The highest BCUT2D eigenvalue weighted by atomic mass is 31.2. The van der Waals surface area contributed by atoms with Gasteiger partial charge in [-0.1, -0.05) is 6.92 Å². The van der Waals surface area contributed by atoms with Crippen molar-refractivity contribution in [1.29, 1.82) is 0 Å². The van der Waals surface area contributed by atoms with E-state index in [9.17, 15) is 19.3 Å². The summed E-state index contributed by atoms with van der Waals surface area (Å²) < 4.78 is 59.2. The topological polar surface area (TPSA) is 166 Å². The van der Waals surface area contributed by atoms with E-state index in [4.69, 9.17) is 37.3 Å². The molecule has 0 bridgehead atoms. The zero-order valence-electron chi connectivity index (χ0n) is 20.4. The largest absolute Gasteiger partial charge is 0.587 e. The molecule has 0 aliphatic carbocycles. The van der Waals surface area contributed by atoms with Gasteiger partial charge in [0.25, 0.3) is 5.56 Å². The van der Waals surface area contributed by atoms with Crippen LogP contribution in [0.1, 0.15) is 13.2 Å². The predicted octanol–water partition coefficient (Wildman–Crippen LogP) is 2.17. The van der Waals surface area contributed by atoms with Crippen molar-refractivity contribution >= 4 is 7.82 Å². The Morgan fingerprint density at radius 1 is 0.949 bits per heavy atom. The quantitative estimate of drug-likeness (QED) is 0.385. The smallest absolute Gasteiger partial charge is 0.454 e. The summed E-state index contributed by atoms with van der Waals surface area (Å²) in [6.45, 7) is 1.32. The summed E-state index contributed by atoms with van der Waals surface area (Å²) in [6, 6.07) is 10.3. The highest BCUT2D eigenvalue weighted by molar-refractivity contribution is 7.49. The van der Waals surface area contributed by atoms with Crippen molar-refractivity contribution in [1.82, 2.24) is 9.55 Å². The summed E-state index contributed by atoms with van der Waals surface area (Å²) in [5.41, 5.74) is -1.26. The van der Waals surface area contributed by atoms with Gasteiger partial charge in [-0.3, -0.25) is 18.9 Å². The first-order valence-corrected chi connectivity index (χ1v) is 13.3. The van der Waals surface area contributed by atoms with Crippen LogP contribution >= 0.6 is 7.82 Å². The number of aromatic amines is 1. The van der Waals surface area contributed by atoms with E-state index in [1.165, 1.54) is 36.5 Å². The van der Waals surface area contributed by atoms with Gasteiger partial charge >= 0.3 is 13.5 Å². The number of aliphatic hydroxyl groups excluding tert-OH is 1. The molecular weight excluding hydrogens is 539 g/mol. The van der Waals surface area contributed by atoms with Gasteiger partial charge in [-0.15, -0.1) is 0 Å². The van der Waals surface area contributed by atoms with Crippen LogP contribution in [-0.2, 0) is 13.8 Å². The number of ether oxygens (including phenoxy) is 5. The molecule has 0 radical (unpaired) electrons. The molecule has 2 aromatic carbocycles. The summed E-state index contributed by atoms with van der Waals surface area (Å²) in [7, 11) is -4.42. The molecule has 4 atom stereocenters. The maximum Gasteiger partial charge on any atom is 0.587 e. The molecule has 1 fully saturated rings. The Labute approximate surface area is 220 Å². The third kappa shape index (κ3) is 5.06. The number of phosphoric ester groups is 1. The summed E-state index contributed by atoms with van der Waals surface area (Å²) in [4.78, 5) is 25.8. The van der Waals surface area contributed by atoms with Crippen molar-refractivity contribution in [3.63, 3.8) is 0 Å². The Hall–Kier alpha value is -3.97. The third-order valence-electron chi connectivity index (χ3n) is 6.33. The average Bonchev–Trinajstić information content (AvgIpc) is 3.63. The maximum absolute atomic E-state index is 13.9. The molecule has 0 unspecified atom stereocenters. The molecule has 206 valence electrons. The highest BCUT2D eigenvalue weighted by Gasteiger charge is 2.44. The second kappa shape index (κ2) is 9.97. The van der Waals surface area contributed by atoms with Crippen molar-refractivity contribution in [3.8, 4) is 34.5 Å². The lowest BCUT2D eigenvalue weighted by molar-refractivity contribution is -0.0461. The van der Waals surface area contributed by atoms with Crippen molar-refractivity contribution in [2.24, 2.45) is 5.92 Å². The number of aromatic nitrogens is 2. The lowest BCUT2D eigenvalue weighted by Crippen LogP contribution is -2.33. The normalized spacial score (nSPS) is 23.1. The van der Waals surface area contributed by atoms with E-state index in [-0.39, 0.29) is 25.1 Å². The van der Waals surface area contributed by atoms with Crippen LogP contribution in [0.25, 0.3) is 0 Å². The lowest BCUT2D eigenvalue weighted by Gasteiger charge is -2.22. The molecule has 39 heavy (non-hydrogen) atoms. The van der Waals surface area contributed by atoms with E-state index in [0.717, 1.165) is 4.57 Å². The first-order chi connectivity index (χ1) is 18.8. The van der Waals surface area contributed by atoms with E-state index >= 15 is 0 Å². The van der Waals surface area contributed by atoms with E-state index in [1.54, 1.807) is 19.1 Å². The fourth-order valence-corrected chi connectivity index (χ4v) is 5.55. The van der Waals surface area contributed by atoms with Crippen LogP contribution in [0.15, 0.2) is 58.3 Å². The number of fused-ring (bicyclic) bond motifs is 2. The number of aliphatic hydroxyl groups is 1. The van der Waals surface area contributed by atoms with Crippen molar-refractivity contribution in [3.05, 3.63) is 69.5 Å². The molecule has 3 aliphatic rings. The van der Waals surface area contributed by atoms with E-state index in [1.807, 2.05) is 0 Å². The van der Waals surface area contributed by atoms with Crippen LogP contribution in [0, 0.1) is 5.92 Å². The Kier molecular flexibility index (Phi) is 6.47. The number of H-pyrrole nitrogens is 1. The molecule has 0 amide bonds. The van der Waals surface area contributed by atoms with Gasteiger partial charge in [-0.2, -0.15) is 0 Å². The van der Waals surface area contributed by atoms with Crippen molar-refractivity contribution in [2.45, 2.75) is 25.4 Å². The molecule has 0 spiro atoms. The summed E-state index contributed by atoms with van der Waals surface area (Å²) in [6.07, 6.45) is -1.77. The van der Waals surface area contributed by atoms with Crippen LogP contribution in [0.5, 0.6) is 34.5 Å². The maximum atomic E-state index is 13.9. The molecule has 1 aromatic heterocycles. The average molecular weight is 562 g/mol. The number of nitrogens with one attached hydrogen (secondary N) is 1. The molecule has 3 aliphatic heterocycles.